The largest absolute Gasteiger partial charge is 0.493 e. The molecule has 0 aliphatic rings. The maximum absolute atomic E-state index is 12.4. The van der Waals surface area contributed by atoms with Crippen molar-refractivity contribution in [2.75, 3.05) is 34.9 Å². The van der Waals surface area contributed by atoms with E-state index in [4.69, 9.17) is 14.2 Å². The number of aliphatic hydroxyl groups is 1. The van der Waals surface area contributed by atoms with Crippen LogP contribution in [0.4, 0.5) is 0 Å². The lowest BCUT2D eigenvalue weighted by molar-refractivity contribution is 0.0699. The molecule has 0 radical (unpaired) electrons. The van der Waals surface area contributed by atoms with Gasteiger partial charge in [0, 0.05) is 13.6 Å². The van der Waals surface area contributed by atoms with Crippen LogP contribution < -0.4 is 14.2 Å². The summed E-state index contributed by atoms with van der Waals surface area (Å²) in [6.07, 6.45) is -0.602. The van der Waals surface area contributed by atoms with Crippen LogP contribution in [0.15, 0.2) is 12.1 Å². The first-order chi connectivity index (χ1) is 9.46. The molecule has 0 aliphatic heterocycles. The minimum absolute atomic E-state index is 0.232. The van der Waals surface area contributed by atoms with Crippen LogP contribution in [0.1, 0.15) is 17.3 Å². The molecule has 6 heteroatoms. The molecule has 112 valence electrons. The van der Waals surface area contributed by atoms with E-state index in [2.05, 4.69) is 0 Å². The summed E-state index contributed by atoms with van der Waals surface area (Å²) in [4.78, 5) is 13.8. The standard InChI is InChI=1S/C14H21NO5/c1-9(16)8-15(2)14(17)10-6-7-11(18-3)13(20-5)12(10)19-4/h6-7,9,16H,8H2,1-5H3. The second-order valence-corrected chi connectivity index (χ2v) is 4.42. The Bertz CT molecular complexity index is 473. The van der Waals surface area contributed by atoms with Crippen molar-refractivity contribution in [2.24, 2.45) is 0 Å². The molecule has 1 unspecified atom stereocenters. The Labute approximate surface area is 118 Å². The average Bonchev–Trinajstić information content (AvgIpc) is 2.43. The summed E-state index contributed by atoms with van der Waals surface area (Å²) in [5.41, 5.74) is 0.355. The topological polar surface area (TPSA) is 68.2 Å². The molecule has 0 saturated heterocycles. The fraction of sp³-hybridized carbons (Fsp3) is 0.500. The number of benzene rings is 1. The van der Waals surface area contributed by atoms with E-state index in [1.54, 1.807) is 26.1 Å². The zero-order valence-electron chi connectivity index (χ0n) is 12.5. The number of hydrogen-bond donors (Lipinski definition) is 1. The second kappa shape index (κ2) is 7.00. The van der Waals surface area contributed by atoms with Gasteiger partial charge in [-0.3, -0.25) is 4.79 Å². The van der Waals surface area contributed by atoms with Gasteiger partial charge in [0.25, 0.3) is 5.91 Å². The lowest BCUT2D eigenvalue weighted by Crippen LogP contribution is -2.33. The predicted octanol–water partition coefficient (Wildman–Crippen LogP) is 1.17. The van der Waals surface area contributed by atoms with Crippen molar-refractivity contribution in [3.05, 3.63) is 17.7 Å². The summed E-state index contributed by atoms with van der Waals surface area (Å²) >= 11 is 0. The highest BCUT2D eigenvalue weighted by Gasteiger charge is 2.23. The number of amides is 1. The number of methoxy groups -OCH3 is 3. The molecular formula is C14H21NO5. The molecule has 1 N–H and O–H groups in total. The number of carbonyl (C=O) groups is 1. The SMILES string of the molecule is COc1ccc(C(=O)N(C)CC(C)O)c(OC)c1OC. The van der Waals surface area contributed by atoms with Gasteiger partial charge in [0.2, 0.25) is 5.75 Å². The normalized spacial score (nSPS) is 11.7. The second-order valence-electron chi connectivity index (χ2n) is 4.42. The van der Waals surface area contributed by atoms with Crippen LogP contribution in [0.2, 0.25) is 0 Å². The van der Waals surface area contributed by atoms with Gasteiger partial charge in [0.05, 0.1) is 33.0 Å². The lowest BCUT2D eigenvalue weighted by atomic mass is 10.1. The predicted molar refractivity (Wildman–Crippen MR) is 74.7 cm³/mol. The number of nitrogens with zero attached hydrogens (tertiary/aromatic N) is 1. The number of ether oxygens (including phenoxy) is 3. The van der Waals surface area contributed by atoms with Crippen LogP contribution in [0.5, 0.6) is 17.2 Å². The van der Waals surface area contributed by atoms with Crippen molar-refractivity contribution >= 4 is 5.91 Å². The van der Waals surface area contributed by atoms with E-state index in [1.165, 1.54) is 26.2 Å². The van der Waals surface area contributed by atoms with Crippen LogP contribution in [0.25, 0.3) is 0 Å². The molecule has 0 saturated carbocycles. The van der Waals surface area contributed by atoms with Crippen LogP contribution in [0.3, 0.4) is 0 Å². The molecule has 1 rings (SSSR count). The molecule has 1 aromatic rings. The van der Waals surface area contributed by atoms with E-state index in [0.717, 1.165) is 0 Å². The monoisotopic (exact) mass is 283 g/mol. The maximum atomic E-state index is 12.4. The molecule has 1 aromatic carbocycles. The van der Waals surface area contributed by atoms with Gasteiger partial charge in [-0.05, 0) is 19.1 Å². The van der Waals surface area contributed by atoms with Crippen molar-refractivity contribution in [3.63, 3.8) is 0 Å². The quantitative estimate of drug-likeness (QED) is 0.848. The Hall–Kier alpha value is -1.95. The molecule has 0 aromatic heterocycles. The summed E-state index contributed by atoms with van der Waals surface area (Å²) in [7, 11) is 6.07. The first kappa shape index (κ1) is 16.1. The smallest absolute Gasteiger partial charge is 0.257 e. The minimum Gasteiger partial charge on any atom is -0.493 e. The minimum atomic E-state index is -0.602. The summed E-state index contributed by atoms with van der Waals surface area (Å²) in [6, 6.07) is 3.26. The van der Waals surface area contributed by atoms with E-state index in [1.807, 2.05) is 0 Å². The first-order valence-corrected chi connectivity index (χ1v) is 6.18. The van der Waals surface area contributed by atoms with Crippen molar-refractivity contribution in [2.45, 2.75) is 13.0 Å². The van der Waals surface area contributed by atoms with E-state index in [9.17, 15) is 9.90 Å². The van der Waals surface area contributed by atoms with Crippen molar-refractivity contribution < 1.29 is 24.1 Å². The Balaban J connectivity index is 3.21. The maximum Gasteiger partial charge on any atom is 0.257 e. The van der Waals surface area contributed by atoms with Gasteiger partial charge in [-0.2, -0.15) is 0 Å². The Kier molecular flexibility index (Phi) is 5.64. The van der Waals surface area contributed by atoms with E-state index in [-0.39, 0.29) is 12.5 Å². The number of carbonyl (C=O) groups excluding carboxylic acids is 1. The highest BCUT2D eigenvalue weighted by molar-refractivity contribution is 5.98. The van der Waals surface area contributed by atoms with Gasteiger partial charge < -0.3 is 24.2 Å². The van der Waals surface area contributed by atoms with Crippen LogP contribution in [-0.4, -0.2) is 56.9 Å². The molecule has 1 amide bonds. The molecule has 6 nitrogen and oxygen atoms in total. The van der Waals surface area contributed by atoms with Gasteiger partial charge in [0.1, 0.15) is 0 Å². The third kappa shape index (κ3) is 3.33. The van der Waals surface area contributed by atoms with Crippen molar-refractivity contribution in [1.29, 1.82) is 0 Å². The zero-order valence-corrected chi connectivity index (χ0v) is 12.5. The Morgan fingerprint density at radius 1 is 1.20 bits per heavy atom. The fourth-order valence-electron chi connectivity index (χ4n) is 1.95. The molecule has 0 aliphatic carbocycles. The number of aliphatic hydroxyl groups excluding tert-OH is 1. The average molecular weight is 283 g/mol. The zero-order chi connectivity index (χ0) is 15.3. The third-order valence-corrected chi connectivity index (χ3v) is 2.82. The Morgan fingerprint density at radius 3 is 2.25 bits per heavy atom. The first-order valence-electron chi connectivity index (χ1n) is 6.18. The van der Waals surface area contributed by atoms with E-state index >= 15 is 0 Å². The molecule has 20 heavy (non-hydrogen) atoms. The Morgan fingerprint density at radius 2 is 1.80 bits per heavy atom. The third-order valence-electron chi connectivity index (χ3n) is 2.82. The van der Waals surface area contributed by atoms with Gasteiger partial charge in [0.15, 0.2) is 11.5 Å². The molecule has 0 bridgehead atoms. The highest BCUT2D eigenvalue weighted by Crippen LogP contribution is 2.40. The highest BCUT2D eigenvalue weighted by atomic mass is 16.5. The number of hydrogen-bond acceptors (Lipinski definition) is 5. The number of rotatable bonds is 6. The molecular weight excluding hydrogens is 262 g/mol. The van der Waals surface area contributed by atoms with Crippen LogP contribution in [-0.2, 0) is 0 Å². The van der Waals surface area contributed by atoms with Gasteiger partial charge in [-0.15, -0.1) is 0 Å². The molecule has 0 heterocycles. The fourth-order valence-corrected chi connectivity index (χ4v) is 1.95. The van der Waals surface area contributed by atoms with Crippen molar-refractivity contribution in [1.82, 2.24) is 4.90 Å². The van der Waals surface area contributed by atoms with E-state index in [0.29, 0.717) is 22.8 Å². The molecule has 0 fully saturated rings. The summed E-state index contributed by atoms with van der Waals surface area (Å²) in [5, 5.41) is 9.36. The lowest BCUT2D eigenvalue weighted by Gasteiger charge is -2.21. The van der Waals surface area contributed by atoms with Crippen molar-refractivity contribution in [3.8, 4) is 17.2 Å². The van der Waals surface area contributed by atoms with E-state index < -0.39 is 6.10 Å². The molecule has 1 atom stereocenters. The summed E-state index contributed by atoms with van der Waals surface area (Å²) in [5.74, 6) is 0.906. The summed E-state index contributed by atoms with van der Waals surface area (Å²) < 4.78 is 15.7. The number of likely N-dealkylation sites (N-methyl/N-ethyl adjacent to an activating group) is 1. The summed E-state index contributed by atoms with van der Waals surface area (Å²) in [6.45, 7) is 1.85. The van der Waals surface area contributed by atoms with Crippen LogP contribution >= 0.6 is 0 Å². The van der Waals surface area contributed by atoms with Gasteiger partial charge in [-0.25, -0.2) is 0 Å². The van der Waals surface area contributed by atoms with Gasteiger partial charge in [-0.1, -0.05) is 0 Å². The molecule has 0 spiro atoms. The van der Waals surface area contributed by atoms with Gasteiger partial charge >= 0.3 is 0 Å². The van der Waals surface area contributed by atoms with Crippen LogP contribution in [0, 0.1) is 0 Å².